The largest absolute Gasteiger partial charge is 0.465 e. The van der Waals surface area contributed by atoms with Crippen LogP contribution in [0.4, 0.5) is 11.4 Å². The lowest BCUT2D eigenvalue weighted by Crippen LogP contribution is -2.59. The van der Waals surface area contributed by atoms with E-state index in [2.05, 4.69) is 5.32 Å². The summed E-state index contributed by atoms with van der Waals surface area (Å²) in [5.41, 5.74) is 1.56. The summed E-state index contributed by atoms with van der Waals surface area (Å²) in [6.07, 6.45) is 0. The highest BCUT2D eigenvalue weighted by atomic mass is 16.5. The van der Waals surface area contributed by atoms with Crippen LogP contribution in [-0.4, -0.2) is 17.4 Å². The first-order valence-corrected chi connectivity index (χ1v) is 9.49. The van der Waals surface area contributed by atoms with E-state index in [4.69, 9.17) is 4.74 Å². The fraction of sp³-hybridized carbons (Fsp3) is 0.167. The summed E-state index contributed by atoms with van der Waals surface area (Å²) < 4.78 is 5.99. The number of para-hydroxylation sites is 1. The minimum Gasteiger partial charge on any atom is -0.465 e. The van der Waals surface area contributed by atoms with Crippen molar-refractivity contribution in [3.8, 4) is 5.75 Å². The fourth-order valence-corrected chi connectivity index (χ4v) is 3.39. The quantitative estimate of drug-likeness (QED) is 0.680. The molecule has 0 saturated carbocycles. The molecule has 0 fully saturated rings. The highest BCUT2D eigenvalue weighted by Gasteiger charge is 2.49. The molecule has 1 aliphatic rings. The van der Waals surface area contributed by atoms with Gasteiger partial charge in [-0.3, -0.25) is 9.59 Å². The Hall–Kier alpha value is -3.60. The Bertz CT molecular complexity index is 1050. The molecule has 0 aliphatic carbocycles. The first kappa shape index (κ1) is 18.7. The van der Waals surface area contributed by atoms with Crippen LogP contribution in [0.15, 0.2) is 78.9 Å². The van der Waals surface area contributed by atoms with Crippen molar-refractivity contribution in [3.63, 3.8) is 0 Å². The van der Waals surface area contributed by atoms with Crippen molar-refractivity contribution in [3.05, 3.63) is 90.0 Å². The van der Waals surface area contributed by atoms with Crippen LogP contribution < -0.4 is 15.0 Å². The lowest BCUT2D eigenvalue weighted by Gasteiger charge is -2.37. The molecule has 0 spiro atoms. The summed E-state index contributed by atoms with van der Waals surface area (Å²) in [6.45, 7) is 3.79. The zero-order chi connectivity index (χ0) is 20.4. The summed E-state index contributed by atoms with van der Waals surface area (Å²) >= 11 is 0. The van der Waals surface area contributed by atoms with Crippen molar-refractivity contribution in [2.24, 2.45) is 0 Å². The minimum absolute atomic E-state index is 0.330. The normalized spacial score (nSPS) is 17.7. The van der Waals surface area contributed by atoms with Crippen LogP contribution in [-0.2, 0) is 16.1 Å². The molecule has 0 aromatic heterocycles. The van der Waals surface area contributed by atoms with Gasteiger partial charge in [-0.05, 0) is 49.2 Å². The molecular formula is C24H22N2O3. The van der Waals surface area contributed by atoms with Gasteiger partial charge >= 0.3 is 0 Å². The molecule has 3 aromatic carbocycles. The molecule has 0 radical (unpaired) electrons. The van der Waals surface area contributed by atoms with E-state index in [0.717, 1.165) is 11.1 Å². The van der Waals surface area contributed by atoms with Gasteiger partial charge in [-0.1, -0.05) is 54.6 Å². The molecule has 5 heteroatoms. The second-order valence-electron chi connectivity index (χ2n) is 7.30. The number of hydrogen-bond acceptors (Lipinski definition) is 3. The second kappa shape index (κ2) is 7.43. The average molecular weight is 386 g/mol. The monoisotopic (exact) mass is 386 g/mol. The Labute approximate surface area is 169 Å². The number of benzene rings is 3. The number of aryl methyl sites for hydroxylation is 1. The van der Waals surface area contributed by atoms with Gasteiger partial charge in [0.1, 0.15) is 5.75 Å². The Balaban J connectivity index is 1.71. The topological polar surface area (TPSA) is 58.6 Å². The van der Waals surface area contributed by atoms with E-state index in [1.807, 2.05) is 79.7 Å². The number of hydrogen-bond donors (Lipinski definition) is 1. The van der Waals surface area contributed by atoms with Crippen molar-refractivity contribution >= 4 is 23.2 Å². The number of amides is 2. The van der Waals surface area contributed by atoms with Crippen molar-refractivity contribution in [1.29, 1.82) is 0 Å². The van der Waals surface area contributed by atoms with E-state index in [-0.39, 0.29) is 0 Å². The number of fused-ring (bicyclic) bond motifs is 1. The maximum atomic E-state index is 13.7. The zero-order valence-electron chi connectivity index (χ0n) is 16.4. The second-order valence-corrected chi connectivity index (χ2v) is 7.30. The van der Waals surface area contributed by atoms with Crippen LogP contribution in [0.5, 0.6) is 5.75 Å². The molecule has 1 heterocycles. The van der Waals surface area contributed by atoms with Crippen LogP contribution in [0.1, 0.15) is 18.1 Å². The smallest absolute Gasteiger partial charge is 0.281 e. The van der Waals surface area contributed by atoms with Crippen molar-refractivity contribution in [1.82, 2.24) is 0 Å². The Morgan fingerprint density at radius 3 is 2.34 bits per heavy atom. The van der Waals surface area contributed by atoms with Crippen LogP contribution in [0.25, 0.3) is 0 Å². The Kier molecular flexibility index (Phi) is 4.80. The summed E-state index contributed by atoms with van der Waals surface area (Å²) in [6, 6.07) is 24.5. The van der Waals surface area contributed by atoms with Gasteiger partial charge in [0.15, 0.2) is 0 Å². The molecule has 5 nitrogen and oxygen atoms in total. The fourth-order valence-electron chi connectivity index (χ4n) is 3.39. The molecule has 1 unspecified atom stereocenters. The predicted octanol–water partition coefficient (Wildman–Crippen LogP) is 4.32. The minimum atomic E-state index is -1.67. The average Bonchev–Trinajstić information content (AvgIpc) is 2.74. The van der Waals surface area contributed by atoms with E-state index in [9.17, 15) is 9.59 Å². The van der Waals surface area contributed by atoms with Gasteiger partial charge < -0.3 is 15.0 Å². The molecule has 29 heavy (non-hydrogen) atoms. The molecule has 0 saturated heterocycles. The van der Waals surface area contributed by atoms with E-state index in [0.29, 0.717) is 23.7 Å². The van der Waals surface area contributed by atoms with Gasteiger partial charge in [0.25, 0.3) is 17.4 Å². The molecule has 1 aliphatic heterocycles. The summed E-state index contributed by atoms with van der Waals surface area (Å²) in [5, 5.41) is 2.83. The zero-order valence-corrected chi connectivity index (χ0v) is 16.4. The van der Waals surface area contributed by atoms with Crippen LogP contribution >= 0.6 is 0 Å². The van der Waals surface area contributed by atoms with Gasteiger partial charge in [0.2, 0.25) is 0 Å². The number of ether oxygens (including phenoxy) is 1. The highest BCUT2D eigenvalue weighted by Crippen LogP contribution is 2.36. The molecular weight excluding hydrogens is 364 g/mol. The van der Waals surface area contributed by atoms with E-state index >= 15 is 0 Å². The van der Waals surface area contributed by atoms with Crippen molar-refractivity contribution in [2.45, 2.75) is 26.0 Å². The van der Waals surface area contributed by atoms with Crippen LogP contribution in [0, 0.1) is 6.92 Å². The molecule has 3 aromatic rings. The van der Waals surface area contributed by atoms with Gasteiger partial charge in [0, 0.05) is 5.69 Å². The lowest BCUT2D eigenvalue weighted by molar-refractivity contribution is -0.145. The summed E-state index contributed by atoms with van der Waals surface area (Å²) in [4.78, 5) is 28.2. The maximum absolute atomic E-state index is 13.7. The highest BCUT2D eigenvalue weighted by molar-refractivity contribution is 6.19. The SMILES string of the molecule is Cc1ccc2c(c1)NC(=O)C(C)(C(=O)N(Cc1ccccc1)c1ccccc1)O2. The third kappa shape index (κ3) is 3.59. The van der Waals surface area contributed by atoms with Gasteiger partial charge in [-0.2, -0.15) is 0 Å². The van der Waals surface area contributed by atoms with Gasteiger partial charge in [0.05, 0.1) is 12.2 Å². The first-order chi connectivity index (χ1) is 14.0. The number of anilines is 2. The van der Waals surface area contributed by atoms with Crippen molar-refractivity contribution < 1.29 is 14.3 Å². The standard InChI is InChI=1S/C24H22N2O3/c1-17-13-14-21-20(15-17)25-22(27)24(2,29-21)23(28)26(19-11-7-4-8-12-19)16-18-9-5-3-6-10-18/h3-15H,16H2,1-2H3,(H,25,27). The van der Waals surface area contributed by atoms with E-state index < -0.39 is 17.4 Å². The number of carbonyl (C=O) groups is 2. The molecule has 1 N–H and O–H groups in total. The Morgan fingerprint density at radius 2 is 1.66 bits per heavy atom. The maximum Gasteiger partial charge on any atom is 0.281 e. The molecule has 0 bridgehead atoms. The summed E-state index contributed by atoms with van der Waals surface area (Å²) in [7, 11) is 0. The number of nitrogens with zero attached hydrogens (tertiary/aromatic N) is 1. The Morgan fingerprint density at radius 1 is 1.00 bits per heavy atom. The van der Waals surface area contributed by atoms with Gasteiger partial charge in [-0.25, -0.2) is 0 Å². The number of nitrogens with one attached hydrogen (secondary N) is 1. The molecule has 1 atom stereocenters. The third-order valence-electron chi connectivity index (χ3n) is 5.04. The van der Waals surface area contributed by atoms with E-state index in [1.165, 1.54) is 6.92 Å². The number of carbonyl (C=O) groups excluding carboxylic acids is 2. The lowest BCUT2D eigenvalue weighted by atomic mass is 9.99. The predicted molar refractivity (Wildman–Crippen MR) is 113 cm³/mol. The summed E-state index contributed by atoms with van der Waals surface area (Å²) in [5.74, 6) is -0.412. The van der Waals surface area contributed by atoms with Crippen LogP contribution in [0.2, 0.25) is 0 Å². The molecule has 2 amide bonds. The first-order valence-electron chi connectivity index (χ1n) is 9.49. The van der Waals surface area contributed by atoms with E-state index in [1.54, 1.807) is 11.0 Å². The number of rotatable bonds is 4. The van der Waals surface area contributed by atoms with Crippen molar-refractivity contribution in [2.75, 3.05) is 10.2 Å². The van der Waals surface area contributed by atoms with Crippen LogP contribution in [0.3, 0.4) is 0 Å². The third-order valence-corrected chi connectivity index (χ3v) is 5.04. The molecule has 4 rings (SSSR count). The van der Waals surface area contributed by atoms with Gasteiger partial charge in [-0.15, -0.1) is 0 Å². The molecule has 146 valence electrons.